The summed E-state index contributed by atoms with van der Waals surface area (Å²) in [6, 6.07) is -0.899. The molecular weight excluding hydrogens is 270 g/mol. The van der Waals surface area contributed by atoms with Gasteiger partial charge >= 0.3 is 11.9 Å². The van der Waals surface area contributed by atoms with Crippen molar-refractivity contribution in [2.24, 2.45) is 0 Å². The Morgan fingerprint density at radius 3 is 2.20 bits per heavy atom. The van der Waals surface area contributed by atoms with Gasteiger partial charge in [0, 0.05) is 20.8 Å². The Labute approximate surface area is 116 Å². The molecule has 8 heteroatoms. The van der Waals surface area contributed by atoms with E-state index in [-0.39, 0.29) is 6.61 Å². The number of carbonyl (C=O) groups is 3. The lowest BCUT2D eigenvalue weighted by atomic mass is 9.94. The lowest BCUT2D eigenvalue weighted by molar-refractivity contribution is -0.296. The molecule has 0 saturated carbocycles. The first-order chi connectivity index (χ1) is 9.13. The molecule has 0 aromatic rings. The summed E-state index contributed by atoms with van der Waals surface area (Å²) in [7, 11) is 0. The molecule has 0 aromatic heterocycles. The number of amides is 1. The standard InChI is InChI=1S/C12H19NO7/c1-6(14)13-10-9(19-7(2)15)5-18-12(4,17)11(10)20-8(3)16/h9-11,17H,5H2,1-4H3,(H,13,14)/t9-,10-,11-,12+/m1/s1. The van der Waals surface area contributed by atoms with Gasteiger partial charge in [-0.1, -0.05) is 0 Å². The minimum atomic E-state index is -1.80. The average Bonchev–Trinajstić information content (AvgIpc) is 2.26. The van der Waals surface area contributed by atoms with Gasteiger partial charge in [0.25, 0.3) is 0 Å². The van der Waals surface area contributed by atoms with E-state index in [0.29, 0.717) is 0 Å². The first kappa shape index (κ1) is 16.4. The Morgan fingerprint density at radius 2 is 1.75 bits per heavy atom. The first-order valence-electron chi connectivity index (χ1n) is 6.11. The maximum atomic E-state index is 11.3. The number of nitrogens with one attached hydrogen (secondary N) is 1. The lowest BCUT2D eigenvalue weighted by Crippen LogP contribution is -2.66. The van der Waals surface area contributed by atoms with Crippen molar-refractivity contribution in [2.45, 2.75) is 51.7 Å². The second-order valence-electron chi connectivity index (χ2n) is 4.77. The first-order valence-corrected chi connectivity index (χ1v) is 6.11. The fourth-order valence-electron chi connectivity index (χ4n) is 2.05. The van der Waals surface area contributed by atoms with E-state index in [9.17, 15) is 19.5 Å². The molecule has 4 atom stereocenters. The van der Waals surface area contributed by atoms with Crippen molar-refractivity contribution in [3.05, 3.63) is 0 Å². The van der Waals surface area contributed by atoms with Crippen molar-refractivity contribution in [2.75, 3.05) is 6.61 Å². The number of ether oxygens (including phenoxy) is 3. The Morgan fingerprint density at radius 1 is 1.20 bits per heavy atom. The van der Waals surface area contributed by atoms with Gasteiger partial charge in [0.15, 0.2) is 6.10 Å². The number of hydrogen-bond donors (Lipinski definition) is 2. The molecule has 8 nitrogen and oxygen atoms in total. The van der Waals surface area contributed by atoms with Crippen molar-refractivity contribution in [3.8, 4) is 0 Å². The summed E-state index contributed by atoms with van der Waals surface area (Å²) in [5.41, 5.74) is 0. The monoisotopic (exact) mass is 289 g/mol. The van der Waals surface area contributed by atoms with E-state index >= 15 is 0 Å². The fourth-order valence-corrected chi connectivity index (χ4v) is 2.05. The van der Waals surface area contributed by atoms with Crippen LogP contribution in [0.5, 0.6) is 0 Å². The highest BCUT2D eigenvalue weighted by Gasteiger charge is 2.51. The van der Waals surface area contributed by atoms with E-state index in [1.165, 1.54) is 20.8 Å². The molecule has 1 heterocycles. The van der Waals surface area contributed by atoms with Crippen LogP contribution in [0, 0.1) is 0 Å². The normalized spacial score (nSPS) is 33.1. The lowest BCUT2D eigenvalue weighted by Gasteiger charge is -2.44. The van der Waals surface area contributed by atoms with E-state index in [0.717, 1.165) is 6.92 Å². The maximum absolute atomic E-state index is 11.3. The third-order valence-corrected chi connectivity index (χ3v) is 2.77. The van der Waals surface area contributed by atoms with Crippen LogP contribution in [-0.4, -0.2) is 53.6 Å². The van der Waals surface area contributed by atoms with Gasteiger partial charge in [0.2, 0.25) is 11.7 Å². The van der Waals surface area contributed by atoms with Crippen LogP contribution in [0.2, 0.25) is 0 Å². The molecule has 1 aliphatic rings. The van der Waals surface area contributed by atoms with Crippen LogP contribution in [0.15, 0.2) is 0 Å². The van der Waals surface area contributed by atoms with Crippen molar-refractivity contribution in [1.29, 1.82) is 0 Å². The molecule has 114 valence electrons. The predicted octanol–water partition coefficient (Wildman–Crippen LogP) is -0.907. The van der Waals surface area contributed by atoms with Crippen LogP contribution in [0.1, 0.15) is 27.7 Å². The van der Waals surface area contributed by atoms with E-state index < -0.39 is 41.9 Å². The molecule has 1 aliphatic heterocycles. The third kappa shape index (κ3) is 4.17. The zero-order valence-corrected chi connectivity index (χ0v) is 11.8. The second-order valence-corrected chi connectivity index (χ2v) is 4.77. The number of rotatable bonds is 3. The molecular formula is C12H19NO7. The molecule has 0 radical (unpaired) electrons. The van der Waals surface area contributed by atoms with Crippen LogP contribution < -0.4 is 5.32 Å². The van der Waals surface area contributed by atoms with Crippen LogP contribution >= 0.6 is 0 Å². The Bertz CT molecular complexity index is 407. The summed E-state index contributed by atoms with van der Waals surface area (Å²) in [5, 5.41) is 12.6. The quantitative estimate of drug-likeness (QED) is 0.647. The molecule has 0 spiro atoms. The number of carbonyl (C=O) groups excluding carboxylic acids is 3. The van der Waals surface area contributed by atoms with E-state index in [1.807, 2.05) is 0 Å². The number of hydrogen-bond acceptors (Lipinski definition) is 7. The summed E-state index contributed by atoms with van der Waals surface area (Å²) in [6.07, 6.45) is -2.05. The summed E-state index contributed by atoms with van der Waals surface area (Å²) in [6.45, 7) is 4.81. The minimum Gasteiger partial charge on any atom is -0.458 e. The van der Waals surface area contributed by atoms with Crippen LogP contribution in [0.25, 0.3) is 0 Å². The highest BCUT2D eigenvalue weighted by atomic mass is 16.7. The minimum absolute atomic E-state index is 0.130. The molecule has 0 bridgehead atoms. The molecule has 2 N–H and O–H groups in total. The summed E-state index contributed by atoms with van der Waals surface area (Å²) < 4.78 is 15.2. The smallest absolute Gasteiger partial charge is 0.303 e. The maximum Gasteiger partial charge on any atom is 0.303 e. The van der Waals surface area contributed by atoms with Gasteiger partial charge in [-0.15, -0.1) is 0 Å². The summed E-state index contributed by atoms with van der Waals surface area (Å²) in [4.78, 5) is 33.5. The van der Waals surface area contributed by atoms with E-state index in [2.05, 4.69) is 5.32 Å². The van der Waals surface area contributed by atoms with Gasteiger partial charge in [-0.2, -0.15) is 0 Å². The summed E-state index contributed by atoms with van der Waals surface area (Å²) in [5.74, 6) is -3.44. The van der Waals surface area contributed by atoms with Crippen LogP contribution in [-0.2, 0) is 28.6 Å². The van der Waals surface area contributed by atoms with Crippen LogP contribution in [0.4, 0.5) is 0 Å². The fraction of sp³-hybridized carbons (Fsp3) is 0.750. The van der Waals surface area contributed by atoms with Gasteiger partial charge in [-0.25, -0.2) is 0 Å². The molecule has 1 amide bonds. The third-order valence-electron chi connectivity index (χ3n) is 2.77. The van der Waals surface area contributed by atoms with Crippen molar-refractivity contribution in [3.63, 3.8) is 0 Å². The predicted molar refractivity (Wildman–Crippen MR) is 65.3 cm³/mol. The zero-order valence-electron chi connectivity index (χ0n) is 11.8. The Balaban J connectivity index is 3.02. The largest absolute Gasteiger partial charge is 0.458 e. The second kappa shape index (κ2) is 6.19. The Hall–Kier alpha value is -1.67. The van der Waals surface area contributed by atoms with Crippen molar-refractivity contribution < 1.29 is 33.7 Å². The average molecular weight is 289 g/mol. The molecule has 1 fully saturated rings. The molecule has 0 aliphatic carbocycles. The van der Waals surface area contributed by atoms with Crippen molar-refractivity contribution in [1.82, 2.24) is 5.32 Å². The van der Waals surface area contributed by atoms with Gasteiger partial charge in [-0.3, -0.25) is 14.4 Å². The highest BCUT2D eigenvalue weighted by Crippen LogP contribution is 2.28. The van der Waals surface area contributed by atoms with E-state index in [4.69, 9.17) is 14.2 Å². The van der Waals surface area contributed by atoms with Gasteiger partial charge in [0.05, 0.1) is 6.61 Å². The number of aliphatic hydroxyl groups is 1. The highest BCUT2D eigenvalue weighted by molar-refractivity contribution is 5.74. The van der Waals surface area contributed by atoms with E-state index in [1.54, 1.807) is 0 Å². The zero-order chi connectivity index (χ0) is 15.5. The van der Waals surface area contributed by atoms with Gasteiger partial charge < -0.3 is 24.6 Å². The molecule has 0 aromatic carbocycles. The van der Waals surface area contributed by atoms with Crippen molar-refractivity contribution >= 4 is 17.8 Å². The van der Waals surface area contributed by atoms with Gasteiger partial charge in [-0.05, 0) is 6.92 Å². The molecule has 0 unspecified atom stereocenters. The molecule has 1 rings (SSSR count). The number of esters is 2. The topological polar surface area (TPSA) is 111 Å². The summed E-state index contributed by atoms with van der Waals surface area (Å²) >= 11 is 0. The molecule has 1 saturated heterocycles. The van der Waals surface area contributed by atoms with Gasteiger partial charge in [0.1, 0.15) is 12.1 Å². The van der Waals surface area contributed by atoms with Crippen LogP contribution in [0.3, 0.4) is 0 Å². The Kier molecular flexibility index (Phi) is 5.07. The molecule has 20 heavy (non-hydrogen) atoms. The SMILES string of the molecule is CC(=O)N[C@H]1[C@@H](OC(C)=O)[C@@](C)(O)OC[C@H]1OC(C)=O.